The first-order chi connectivity index (χ1) is 12.6. The zero-order valence-corrected chi connectivity index (χ0v) is 15.2. The molecule has 1 amide bonds. The van der Waals surface area contributed by atoms with Gasteiger partial charge in [-0.2, -0.15) is 0 Å². The van der Waals surface area contributed by atoms with Gasteiger partial charge in [0.05, 0.1) is 44.2 Å². The van der Waals surface area contributed by atoms with E-state index in [1.165, 1.54) is 37.2 Å². The smallest absolute Gasteiger partial charge is 0.229 e. The SMILES string of the molecule is C[N@@+]12CC[C@@]34c5ccccc5N5C(=O)C[C@@H]6OCC=C(C1)[C@H](C[C@@H]32)[C@@H]6[C@H]54. The van der Waals surface area contributed by atoms with E-state index < -0.39 is 0 Å². The molecular weight excluding hydrogens is 324 g/mol. The van der Waals surface area contributed by atoms with Crippen molar-refractivity contribution in [3.63, 3.8) is 0 Å². The van der Waals surface area contributed by atoms with E-state index in [9.17, 15) is 4.79 Å². The van der Waals surface area contributed by atoms with E-state index in [1.807, 2.05) is 0 Å². The molecule has 4 nitrogen and oxygen atoms in total. The number of anilines is 1. The molecule has 26 heavy (non-hydrogen) atoms. The summed E-state index contributed by atoms with van der Waals surface area (Å²) in [7, 11) is 2.47. The summed E-state index contributed by atoms with van der Waals surface area (Å²) in [5.74, 6) is 1.36. The Kier molecular flexibility index (Phi) is 2.36. The van der Waals surface area contributed by atoms with Crippen LogP contribution in [-0.4, -0.2) is 55.3 Å². The van der Waals surface area contributed by atoms with E-state index in [0.29, 0.717) is 36.9 Å². The van der Waals surface area contributed by atoms with Gasteiger partial charge in [-0.15, -0.1) is 0 Å². The topological polar surface area (TPSA) is 29.5 Å². The summed E-state index contributed by atoms with van der Waals surface area (Å²) in [4.78, 5) is 15.5. The quantitative estimate of drug-likeness (QED) is 0.531. The van der Waals surface area contributed by atoms with E-state index in [4.69, 9.17) is 4.74 Å². The Morgan fingerprint density at radius 2 is 2.19 bits per heavy atom. The average molecular weight is 349 g/mol. The fourth-order valence-corrected chi connectivity index (χ4v) is 8.14. The van der Waals surface area contributed by atoms with E-state index >= 15 is 0 Å². The van der Waals surface area contributed by atoms with Crippen LogP contribution in [0.15, 0.2) is 35.9 Å². The van der Waals surface area contributed by atoms with E-state index in [1.54, 1.807) is 5.57 Å². The Labute approximate surface area is 154 Å². The van der Waals surface area contributed by atoms with Gasteiger partial charge in [0.15, 0.2) is 0 Å². The number of ether oxygens (including phenoxy) is 1. The van der Waals surface area contributed by atoms with Gasteiger partial charge in [-0.05, 0) is 23.1 Å². The second-order valence-electron chi connectivity index (χ2n) is 9.67. The van der Waals surface area contributed by atoms with Gasteiger partial charge in [0.2, 0.25) is 5.91 Å². The molecule has 7 rings (SSSR count). The van der Waals surface area contributed by atoms with Crippen LogP contribution in [0.5, 0.6) is 0 Å². The monoisotopic (exact) mass is 349 g/mol. The lowest BCUT2D eigenvalue weighted by atomic mass is 9.53. The highest BCUT2D eigenvalue weighted by molar-refractivity contribution is 5.99. The van der Waals surface area contributed by atoms with Crippen molar-refractivity contribution in [3.8, 4) is 0 Å². The van der Waals surface area contributed by atoms with Crippen molar-refractivity contribution in [2.24, 2.45) is 11.8 Å². The normalized spacial score (nSPS) is 49.6. The summed E-state index contributed by atoms with van der Waals surface area (Å²) in [5.41, 5.74) is 4.43. The number of benzene rings is 1. The van der Waals surface area contributed by atoms with Crippen molar-refractivity contribution >= 4 is 11.6 Å². The Morgan fingerprint density at radius 1 is 1.31 bits per heavy atom. The summed E-state index contributed by atoms with van der Waals surface area (Å²) in [6.45, 7) is 3.12. The number of piperidine rings is 2. The molecule has 3 saturated heterocycles. The molecule has 0 aromatic heterocycles. The number of nitrogens with zero attached hydrogens (tertiary/aromatic N) is 2. The van der Waals surface area contributed by atoms with Crippen LogP contribution < -0.4 is 4.90 Å². The zero-order chi connectivity index (χ0) is 17.3. The molecule has 5 heterocycles. The van der Waals surface area contributed by atoms with E-state index in [-0.39, 0.29) is 17.4 Å². The number of hydrogen-bond acceptors (Lipinski definition) is 2. The molecule has 1 aromatic rings. The summed E-state index contributed by atoms with van der Waals surface area (Å²) >= 11 is 0. The number of amides is 1. The highest BCUT2D eigenvalue weighted by atomic mass is 16.5. The zero-order valence-electron chi connectivity index (χ0n) is 15.2. The summed E-state index contributed by atoms with van der Waals surface area (Å²) in [6.07, 6.45) is 5.51. The Balaban J connectivity index is 1.56. The molecule has 2 bridgehead atoms. The fourth-order valence-electron chi connectivity index (χ4n) is 8.14. The highest BCUT2D eigenvalue weighted by Crippen LogP contribution is 2.67. The second kappa shape index (κ2) is 4.26. The molecule has 5 aliphatic heterocycles. The Morgan fingerprint density at radius 3 is 3.12 bits per heavy atom. The van der Waals surface area contributed by atoms with Crippen LogP contribution in [0.1, 0.15) is 24.8 Å². The minimum atomic E-state index is 0.104. The van der Waals surface area contributed by atoms with Crippen molar-refractivity contribution in [1.29, 1.82) is 0 Å². The number of quaternary nitrogens is 1. The van der Waals surface area contributed by atoms with Crippen LogP contribution >= 0.6 is 0 Å². The molecule has 1 aliphatic carbocycles. The number of carbonyl (C=O) groups excluding carboxylic acids is 1. The number of likely N-dealkylation sites (N-methyl/N-ethyl adjacent to an activating group) is 1. The summed E-state index contributed by atoms with van der Waals surface area (Å²) in [6, 6.07) is 9.76. The van der Waals surface area contributed by atoms with Gasteiger partial charge < -0.3 is 14.1 Å². The predicted molar refractivity (Wildman–Crippen MR) is 97.8 cm³/mol. The maximum absolute atomic E-state index is 13.3. The van der Waals surface area contributed by atoms with Gasteiger partial charge >= 0.3 is 0 Å². The molecule has 6 aliphatic rings. The van der Waals surface area contributed by atoms with Crippen LogP contribution in [0.3, 0.4) is 0 Å². The Bertz CT molecular complexity index is 894. The Hall–Kier alpha value is -1.65. The van der Waals surface area contributed by atoms with Crippen LogP contribution in [0, 0.1) is 11.8 Å². The van der Waals surface area contributed by atoms with Gasteiger partial charge in [-0.1, -0.05) is 24.3 Å². The average Bonchev–Trinajstić information content (AvgIpc) is 3.05. The first-order valence-electron chi connectivity index (χ1n) is 10.2. The molecule has 1 spiro atoms. The van der Waals surface area contributed by atoms with Crippen molar-refractivity contribution in [1.82, 2.24) is 0 Å². The van der Waals surface area contributed by atoms with Gasteiger partial charge in [0.25, 0.3) is 0 Å². The molecule has 7 atom stereocenters. The molecule has 4 heteroatoms. The van der Waals surface area contributed by atoms with Crippen LogP contribution in [0.25, 0.3) is 0 Å². The minimum Gasteiger partial charge on any atom is -0.373 e. The molecule has 0 N–H and O–H groups in total. The minimum absolute atomic E-state index is 0.104. The number of fused-ring (bicyclic) bond motifs is 2. The molecule has 134 valence electrons. The largest absolute Gasteiger partial charge is 0.373 e. The number of carbonyl (C=O) groups is 1. The van der Waals surface area contributed by atoms with Crippen molar-refractivity contribution in [2.75, 3.05) is 31.6 Å². The van der Waals surface area contributed by atoms with Gasteiger partial charge in [-0.3, -0.25) is 4.79 Å². The third kappa shape index (κ3) is 1.34. The second-order valence-corrected chi connectivity index (χ2v) is 9.67. The van der Waals surface area contributed by atoms with Crippen molar-refractivity contribution in [3.05, 3.63) is 41.5 Å². The molecule has 0 radical (unpaired) electrons. The lowest BCUT2D eigenvalue weighted by Crippen LogP contribution is -2.72. The number of hydrogen-bond donors (Lipinski definition) is 0. The first-order valence-corrected chi connectivity index (χ1v) is 10.2. The summed E-state index contributed by atoms with van der Waals surface area (Å²) < 4.78 is 7.45. The first kappa shape index (κ1) is 14.4. The molecule has 1 saturated carbocycles. The van der Waals surface area contributed by atoms with Crippen molar-refractivity contribution < 1.29 is 14.0 Å². The third-order valence-electron chi connectivity index (χ3n) is 8.91. The van der Waals surface area contributed by atoms with Gasteiger partial charge in [-0.25, -0.2) is 0 Å². The van der Waals surface area contributed by atoms with Gasteiger partial charge in [0.1, 0.15) is 12.6 Å². The van der Waals surface area contributed by atoms with Crippen LogP contribution in [0.4, 0.5) is 5.69 Å². The van der Waals surface area contributed by atoms with E-state index in [2.05, 4.69) is 42.3 Å². The standard InChI is InChI=1S/C22H25N2O2/c1-24-8-7-22-15-4-2-3-5-16(15)23-19(25)11-17-20(21(22)23)14(10-18(22)24)13(12-24)6-9-26-17/h2-6,14,17-18,20-21H,7-12H2,1H3/q+1/t14-,17-,18-,20-,21-,22+,24+/m0/s1. The number of rotatable bonds is 0. The maximum Gasteiger partial charge on any atom is 0.229 e. The van der Waals surface area contributed by atoms with Gasteiger partial charge in [0, 0.05) is 24.4 Å². The van der Waals surface area contributed by atoms with Crippen molar-refractivity contribution in [2.45, 2.75) is 42.9 Å². The summed E-state index contributed by atoms with van der Waals surface area (Å²) in [5, 5.41) is 0. The van der Waals surface area contributed by atoms with Crippen LogP contribution in [0.2, 0.25) is 0 Å². The predicted octanol–water partition coefficient (Wildman–Crippen LogP) is 2.24. The van der Waals surface area contributed by atoms with Crippen LogP contribution in [-0.2, 0) is 14.9 Å². The molecule has 0 unspecified atom stereocenters. The lowest BCUT2D eigenvalue weighted by Gasteiger charge is -2.59. The maximum atomic E-state index is 13.3. The third-order valence-corrected chi connectivity index (χ3v) is 8.91. The molecule has 4 fully saturated rings. The lowest BCUT2D eigenvalue weighted by molar-refractivity contribution is -0.925. The molecule has 1 aromatic carbocycles. The highest BCUT2D eigenvalue weighted by Gasteiger charge is 2.75. The number of para-hydroxylation sites is 1. The van der Waals surface area contributed by atoms with E-state index in [0.717, 1.165) is 4.48 Å². The fraction of sp³-hybridized carbons (Fsp3) is 0.591. The molecular formula is C22H25N2O2+.